The number of nitrogens with one attached hydrogen (secondary N) is 3. The number of nitrogens with zero attached hydrogens (tertiary/aromatic N) is 2. The molecule has 9 rings (SSSR count). The van der Waals surface area contributed by atoms with Gasteiger partial charge in [-0.25, -0.2) is 18.2 Å². The maximum Gasteiger partial charge on any atom is 0.408 e. The maximum atomic E-state index is 14.8. The molecule has 4 aromatic rings. The first-order valence-electron chi connectivity index (χ1n) is 21.5. The van der Waals surface area contributed by atoms with Crippen molar-refractivity contribution in [3.8, 4) is 22.8 Å². The van der Waals surface area contributed by atoms with Crippen LogP contribution < -0.4 is 24.8 Å². The fourth-order valence-electron chi connectivity index (χ4n) is 9.01. The van der Waals surface area contributed by atoms with Crippen LogP contribution in [-0.2, 0) is 29.1 Å². The van der Waals surface area contributed by atoms with Crippen molar-refractivity contribution in [2.24, 2.45) is 5.92 Å². The van der Waals surface area contributed by atoms with Crippen molar-refractivity contribution < 1.29 is 46.2 Å². The topological polar surface area (TPSA) is 195 Å². The summed E-state index contributed by atoms with van der Waals surface area (Å²) < 4.78 is 52.4. The quantitative estimate of drug-likeness (QED) is 0.166. The number of hydrogen-bond donors (Lipinski definition) is 3. The number of benzene rings is 2. The van der Waals surface area contributed by atoms with Crippen LogP contribution in [0, 0.1) is 5.92 Å². The zero-order valence-corrected chi connectivity index (χ0v) is 34.9. The van der Waals surface area contributed by atoms with Crippen LogP contribution in [0.2, 0.25) is 0 Å². The lowest BCUT2D eigenvalue weighted by Gasteiger charge is -2.30. The molecule has 16 heteroatoms. The molecule has 322 valence electrons. The molecule has 3 saturated carbocycles. The Hall–Kier alpha value is -5.64. The second-order valence-corrected chi connectivity index (χ2v) is 19.0. The van der Waals surface area contributed by atoms with Crippen LogP contribution in [0.5, 0.6) is 11.5 Å². The van der Waals surface area contributed by atoms with E-state index in [0.717, 1.165) is 49.5 Å². The molecular formula is C45H51N5O10S. The molecule has 2 aromatic carbocycles. The van der Waals surface area contributed by atoms with E-state index in [1.165, 1.54) is 4.90 Å². The lowest BCUT2D eigenvalue weighted by molar-refractivity contribution is -0.141. The number of allylic oxidation sites excluding steroid dienone is 1. The highest BCUT2D eigenvalue weighted by atomic mass is 32.2. The summed E-state index contributed by atoms with van der Waals surface area (Å²) >= 11 is 0. The molecule has 0 unspecified atom stereocenters. The van der Waals surface area contributed by atoms with Crippen LogP contribution in [0.25, 0.3) is 33.3 Å². The molecule has 0 spiro atoms. The van der Waals surface area contributed by atoms with E-state index in [-0.39, 0.29) is 25.5 Å². The fraction of sp³-hybridized carbons (Fsp3) is 0.489. The number of para-hydroxylation sites is 1. The number of amides is 4. The Morgan fingerprint density at radius 3 is 2.49 bits per heavy atom. The van der Waals surface area contributed by atoms with Crippen LogP contribution in [0.15, 0.2) is 71.2 Å². The highest BCUT2D eigenvalue weighted by molar-refractivity contribution is 7.91. The van der Waals surface area contributed by atoms with Gasteiger partial charge in [-0.15, -0.1) is 0 Å². The predicted molar refractivity (Wildman–Crippen MR) is 225 cm³/mol. The number of ether oxygens (including phenoxy) is 3. The summed E-state index contributed by atoms with van der Waals surface area (Å²) in [6, 6.07) is 14.6. The number of carbonyl (C=O) groups is 4. The second-order valence-electron chi connectivity index (χ2n) is 17.0. The van der Waals surface area contributed by atoms with E-state index >= 15 is 0 Å². The van der Waals surface area contributed by atoms with E-state index in [1.807, 2.05) is 60.7 Å². The van der Waals surface area contributed by atoms with Crippen molar-refractivity contribution in [3.05, 3.63) is 66.7 Å². The second kappa shape index (κ2) is 16.7. The van der Waals surface area contributed by atoms with Gasteiger partial charge in [-0.3, -0.25) is 19.1 Å². The largest absolute Gasteiger partial charge is 0.497 e. The van der Waals surface area contributed by atoms with Gasteiger partial charge in [0.15, 0.2) is 11.3 Å². The monoisotopic (exact) mass is 853 g/mol. The number of methoxy groups -OCH3 is 1. The third-order valence-corrected chi connectivity index (χ3v) is 14.5. The van der Waals surface area contributed by atoms with Crippen molar-refractivity contribution in [1.29, 1.82) is 0 Å². The normalized spacial score (nSPS) is 26.1. The number of fused-ring (bicyclic) bond motifs is 5. The first-order valence-corrected chi connectivity index (χ1v) is 23.0. The minimum absolute atomic E-state index is 0.0251. The van der Waals surface area contributed by atoms with Crippen molar-refractivity contribution in [1.82, 2.24) is 25.2 Å². The Labute approximate surface area is 354 Å². The minimum Gasteiger partial charge on any atom is -0.497 e. The number of carbonyl (C=O) groups excluding carboxylic acids is 4. The van der Waals surface area contributed by atoms with Gasteiger partial charge >= 0.3 is 6.09 Å². The van der Waals surface area contributed by atoms with Gasteiger partial charge in [0, 0.05) is 29.4 Å². The average molecular weight is 854 g/mol. The lowest BCUT2D eigenvalue weighted by atomic mass is 10.0. The van der Waals surface area contributed by atoms with Crippen LogP contribution in [-0.4, -0.2) is 90.9 Å². The van der Waals surface area contributed by atoms with Crippen molar-refractivity contribution in [2.45, 2.75) is 119 Å². The van der Waals surface area contributed by atoms with Crippen LogP contribution in [0.4, 0.5) is 4.79 Å². The number of rotatable bonds is 9. The van der Waals surface area contributed by atoms with Gasteiger partial charge < -0.3 is 34.2 Å². The van der Waals surface area contributed by atoms with E-state index in [0.29, 0.717) is 66.0 Å². The third-order valence-electron chi connectivity index (χ3n) is 12.7. The molecular weight excluding hydrogens is 803 g/mol. The molecule has 4 amide bonds. The Balaban J connectivity index is 1.05. The molecule has 2 aromatic heterocycles. The summed E-state index contributed by atoms with van der Waals surface area (Å²) in [7, 11) is -2.32. The molecule has 4 heterocycles. The first kappa shape index (κ1) is 40.7. The van der Waals surface area contributed by atoms with E-state index in [2.05, 4.69) is 15.4 Å². The molecule has 5 aliphatic rings. The number of pyridine rings is 1. The number of furan rings is 1. The minimum atomic E-state index is -3.91. The molecule has 2 aliphatic heterocycles. The average Bonchev–Trinajstić information content (AvgIpc) is 4.06. The van der Waals surface area contributed by atoms with Crippen LogP contribution in [0.1, 0.15) is 83.5 Å². The van der Waals surface area contributed by atoms with Gasteiger partial charge in [0.25, 0.3) is 5.91 Å². The Kier molecular flexibility index (Phi) is 11.1. The summed E-state index contributed by atoms with van der Waals surface area (Å²) in [5.41, 5.74) is 1.45. The summed E-state index contributed by atoms with van der Waals surface area (Å²) in [5, 5.41) is 5.90. The molecule has 61 heavy (non-hydrogen) atoms. The van der Waals surface area contributed by atoms with Gasteiger partial charge in [-0.05, 0) is 101 Å². The van der Waals surface area contributed by atoms with Gasteiger partial charge in [0.1, 0.15) is 46.7 Å². The van der Waals surface area contributed by atoms with Gasteiger partial charge in [-0.2, -0.15) is 0 Å². The number of sulfonamides is 1. The molecule has 3 aliphatic carbocycles. The smallest absolute Gasteiger partial charge is 0.408 e. The highest BCUT2D eigenvalue weighted by Gasteiger charge is 2.62. The highest BCUT2D eigenvalue weighted by Crippen LogP contribution is 2.46. The van der Waals surface area contributed by atoms with E-state index in [9.17, 15) is 27.6 Å². The SMILES string of the molecule is COc1ccc(-c2cc(O[C@@H]3C[C@H]4C(=O)N[C@]5(C(=O)NS(=O)(=O)C6CC6)C[C@H]5C=CCCCCC[C@H](NC(=O)OC5CCCC5)C(=O)N4C3)c3oc4ccccc4c3n2)cc1. The molecule has 3 N–H and O–H groups in total. The third kappa shape index (κ3) is 8.51. The Bertz CT molecular complexity index is 2480. The fourth-order valence-corrected chi connectivity index (χ4v) is 10.4. The van der Waals surface area contributed by atoms with Crippen LogP contribution >= 0.6 is 0 Å². The van der Waals surface area contributed by atoms with Crippen LogP contribution in [0.3, 0.4) is 0 Å². The van der Waals surface area contributed by atoms with E-state index in [4.69, 9.17) is 23.6 Å². The van der Waals surface area contributed by atoms with Crippen molar-refractivity contribution in [2.75, 3.05) is 13.7 Å². The Morgan fingerprint density at radius 1 is 0.951 bits per heavy atom. The molecule has 0 bridgehead atoms. The lowest BCUT2D eigenvalue weighted by Crippen LogP contribution is -2.58. The number of hydrogen-bond acceptors (Lipinski definition) is 11. The molecule has 15 nitrogen and oxygen atoms in total. The zero-order valence-electron chi connectivity index (χ0n) is 34.1. The van der Waals surface area contributed by atoms with Gasteiger partial charge in [-0.1, -0.05) is 37.1 Å². The summed E-state index contributed by atoms with van der Waals surface area (Å²) in [4.78, 5) is 63.0. The Morgan fingerprint density at radius 2 is 1.72 bits per heavy atom. The van der Waals surface area contributed by atoms with Crippen molar-refractivity contribution in [3.63, 3.8) is 0 Å². The standard InChI is InChI=1S/C45H51N5O10S/c1-57-29-19-17-27(18-20-29)35-24-38(40-39(46-35)33-14-9-10-16-37(33)60-40)58-31-23-36-41(51)48-45(43(53)49-61(55,56)32-21-22-32)25-28(45)11-5-3-2-4-6-15-34(42(52)50(36)26-31)47-44(54)59-30-12-7-8-13-30/h5,9-11,14,16-20,24,28,30-32,34,36H,2-4,6-8,12-13,15,21-23,25-26H2,1H3,(H,47,54)(H,48,51)(H,49,53)/t28-,31-,34+,36+,45-/m1/s1. The summed E-state index contributed by atoms with van der Waals surface area (Å²) in [6.45, 7) is -0.0345. The van der Waals surface area contributed by atoms with E-state index in [1.54, 1.807) is 13.2 Å². The van der Waals surface area contributed by atoms with E-state index < -0.39 is 68.7 Å². The summed E-state index contributed by atoms with van der Waals surface area (Å²) in [5.74, 6) is -1.30. The molecule has 0 radical (unpaired) electrons. The molecule has 4 fully saturated rings. The first-order chi connectivity index (χ1) is 29.5. The zero-order chi connectivity index (χ0) is 42.3. The maximum absolute atomic E-state index is 14.8. The van der Waals surface area contributed by atoms with Crippen molar-refractivity contribution >= 4 is 55.9 Å². The molecule has 5 atom stereocenters. The molecule has 1 saturated heterocycles. The van der Waals surface area contributed by atoms with Gasteiger partial charge in [0.05, 0.1) is 24.6 Å². The van der Waals surface area contributed by atoms with Gasteiger partial charge in [0.2, 0.25) is 21.8 Å². The number of alkyl carbamates (subject to hydrolysis) is 1. The number of aromatic nitrogens is 1. The summed E-state index contributed by atoms with van der Waals surface area (Å²) in [6.07, 6.45) is 10.0. The predicted octanol–water partition coefficient (Wildman–Crippen LogP) is 6.05.